The normalized spacial score (nSPS) is 29.1. The van der Waals surface area contributed by atoms with Crippen LogP contribution in [0, 0.1) is 5.92 Å². The second kappa shape index (κ2) is 5.94. The highest BCUT2D eigenvalue weighted by Crippen LogP contribution is 2.40. The summed E-state index contributed by atoms with van der Waals surface area (Å²) in [7, 11) is 0. The molecule has 0 spiro atoms. The Morgan fingerprint density at radius 2 is 2.19 bits per heavy atom. The first-order valence-electron chi connectivity index (χ1n) is 7.50. The maximum absolute atomic E-state index is 12.7. The Kier molecular flexibility index (Phi) is 4.35. The number of rotatable bonds is 1. The highest BCUT2D eigenvalue weighted by Gasteiger charge is 2.43. The standard InChI is InChI=1S/C16H20BrNO2S/c17-12-4-5-13(14(21)9-12)15(19)18-8-7-16(20)6-2-1-3-11(16)10-18/h4-5,9,11,20-21H,1-3,6-8,10H2. The summed E-state index contributed by atoms with van der Waals surface area (Å²) < 4.78 is 0.921. The van der Waals surface area contributed by atoms with Gasteiger partial charge in [0, 0.05) is 28.4 Å². The smallest absolute Gasteiger partial charge is 0.254 e. The lowest BCUT2D eigenvalue weighted by atomic mass is 9.71. The van der Waals surface area contributed by atoms with E-state index in [-0.39, 0.29) is 11.8 Å². The molecule has 3 nitrogen and oxygen atoms in total. The number of piperidine rings is 1. The molecule has 1 amide bonds. The van der Waals surface area contributed by atoms with Gasteiger partial charge in [-0.2, -0.15) is 0 Å². The lowest BCUT2D eigenvalue weighted by Crippen LogP contribution is -2.54. The maximum Gasteiger partial charge on any atom is 0.254 e. The van der Waals surface area contributed by atoms with Gasteiger partial charge in [0.25, 0.3) is 5.91 Å². The first kappa shape index (κ1) is 15.4. The Balaban J connectivity index is 1.77. The molecule has 21 heavy (non-hydrogen) atoms. The molecule has 2 fully saturated rings. The van der Waals surface area contributed by atoms with Gasteiger partial charge in [-0.1, -0.05) is 28.8 Å². The predicted molar refractivity (Wildman–Crippen MR) is 88.8 cm³/mol. The van der Waals surface area contributed by atoms with E-state index >= 15 is 0 Å². The number of carbonyl (C=O) groups excluding carboxylic acids is 1. The first-order chi connectivity index (χ1) is 9.99. The van der Waals surface area contributed by atoms with Crippen LogP contribution in [0.1, 0.15) is 42.5 Å². The highest BCUT2D eigenvalue weighted by atomic mass is 79.9. The largest absolute Gasteiger partial charge is 0.389 e. The number of carbonyl (C=O) groups is 1. The van der Waals surface area contributed by atoms with Crippen LogP contribution < -0.4 is 0 Å². The second-order valence-electron chi connectivity index (χ2n) is 6.21. The molecular formula is C16H20BrNO2S. The highest BCUT2D eigenvalue weighted by molar-refractivity contribution is 9.10. The topological polar surface area (TPSA) is 40.5 Å². The number of halogens is 1. The molecule has 1 aromatic rings. The third-order valence-electron chi connectivity index (χ3n) is 4.91. The summed E-state index contributed by atoms with van der Waals surface area (Å²) in [5.74, 6) is 0.253. The average molecular weight is 370 g/mol. The molecule has 1 saturated carbocycles. The molecule has 0 aromatic heterocycles. The van der Waals surface area contributed by atoms with Gasteiger partial charge in [-0.05, 0) is 37.5 Å². The molecule has 114 valence electrons. The van der Waals surface area contributed by atoms with Crippen LogP contribution in [-0.4, -0.2) is 34.6 Å². The third-order valence-corrected chi connectivity index (χ3v) is 5.77. The molecule has 2 unspecified atom stereocenters. The van der Waals surface area contributed by atoms with Gasteiger partial charge in [0.2, 0.25) is 0 Å². The first-order valence-corrected chi connectivity index (χ1v) is 8.74. The monoisotopic (exact) mass is 369 g/mol. The maximum atomic E-state index is 12.7. The number of hydrogen-bond donors (Lipinski definition) is 2. The summed E-state index contributed by atoms with van der Waals surface area (Å²) >= 11 is 7.80. The zero-order valence-electron chi connectivity index (χ0n) is 11.9. The van der Waals surface area contributed by atoms with Crippen LogP contribution in [0.5, 0.6) is 0 Å². The van der Waals surface area contributed by atoms with Crippen molar-refractivity contribution in [3.05, 3.63) is 28.2 Å². The Bertz CT molecular complexity index is 565. The van der Waals surface area contributed by atoms with E-state index < -0.39 is 5.60 Å². The van der Waals surface area contributed by atoms with E-state index in [9.17, 15) is 9.90 Å². The fraction of sp³-hybridized carbons (Fsp3) is 0.562. The van der Waals surface area contributed by atoms with Crippen molar-refractivity contribution in [1.82, 2.24) is 4.90 Å². The average Bonchev–Trinajstić information content (AvgIpc) is 2.45. The van der Waals surface area contributed by atoms with E-state index in [1.807, 2.05) is 23.1 Å². The summed E-state index contributed by atoms with van der Waals surface area (Å²) in [4.78, 5) is 15.3. The zero-order valence-corrected chi connectivity index (χ0v) is 14.4. The molecule has 0 radical (unpaired) electrons. The van der Waals surface area contributed by atoms with Crippen LogP contribution in [0.2, 0.25) is 0 Å². The van der Waals surface area contributed by atoms with Crippen molar-refractivity contribution in [1.29, 1.82) is 0 Å². The van der Waals surface area contributed by atoms with Gasteiger partial charge >= 0.3 is 0 Å². The summed E-state index contributed by atoms with van der Waals surface area (Å²) in [6.07, 6.45) is 4.87. The van der Waals surface area contributed by atoms with Crippen LogP contribution >= 0.6 is 28.6 Å². The summed E-state index contributed by atoms with van der Waals surface area (Å²) in [6, 6.07) is 5.53. The molecule has 1 aliphatic carbocycles. The molecule has 1 heterocycles. The number of aliphatic hydroxyl groups is 1. The van der Waals surface area contributed by atoms with Crippen LogP contribution in [-0.2, 0) is 0 Å². The molecule has 1 aromatic carbocycles. The fourth-order valence-corrected chi connectivity index (χ4v) is 4.46. The summed E-state index contributed by atoms with van der Waals surface area (Å²) in [5.41, 5.74) is 0.0984. The molecule has 1 aliphatic heterocycles. The predicted octanol–water partition coefficient (Wildman–Crippen LogP) is 3.51. The van der Waals surface area contributed by atoms with E-state index in [1.165, 1.54) is 0 Å². The minimum absolute atomic E-state index is 0.0279. The van der Waals surface area contributed by atoms with Crippen molar-refractivity contribution in [2.75, 3.05) is 13.1 Å². The van der Waals surface area contributed by atoms with E-state index in [0.29, 0.717) is 30.0 Å². The van der Waals surface area contributed by atoms with Crippen molar-refractivity contribution in [2.24, 2.45) is 5.92 Å². The van der Waals surface area contributed by atoms with Crippen LogP contribution in [0.15, 0.2) is 27.6 Å². The van der Waals surface area contributed by atoms with Crippen molar-refractivity contribution in [3.8, 4) is 0 Å². The van der Waals surface area contributed by atoms with Gasteiger partial charge in [0.1, 0.15) is 0 Å². The van der Waals surface area contributed by atoms with E-state index in [2.05, 4.69) is 28.6 Å². The van der Waals surface area contributed by atoms with Crippen molar-refractivity contribution in [2.45, 2.75) is 42.6 Å². The molecule has 1 N–H and O–H groups in total. The zero-order chi connectivity index (χ0) is 15.0. The van der Waals surface area contributed by atoms with Gasteiger partial charge in [0.15, 0.2) is 0 Å². The van der Waals surface area contributed by atoms with E-state index in [1.54, 1.807) is 0 Å². The van der Waals surface area contributed by atoms with E-state index in [4.69, 9.17) is 0 Å². The minimum Gasteiger partial charge on any atom is -0.389 e. The number of fused-ring (bicyclic) bond motifs is 1. The quantitative estimate of drug-likeness (QED) is 0.743. The summed E-state index contributed by atoms with van der Waals surface area (Å²) in [5, 5.41) is 10.7. The number of nitrogens with zero attached hydrogens (tertiary/aromatic N) is 1. The minimum atomic E-state index is -0.543. The lowest BCUT2D eigenvalue weighted by Gasteiger charge is -2.47. The Labute approximate surface area is 139 Å². The van der Waals surface area contributed by atoms with Crippen LogP contribution in [0.3, 0.4) is 0 Å². The van der Waals surface area contributed by atoms with Crippen LogP contribution in [0.25, 0.3) is 0 Å². The molecular weight excluding hydrogens is 350 g/mol. The molecule has 5 heteroatoms. The summed E-state index contributed by atoms with van der Waals surface area (Å²) in [6.45, 7) is 1.30. The second-order valence-corrected chi connectivity index (χ2v) is 7.61. The number of hydrogen-bond acceptors (Lipinski definition) is 3. The van der Waals surface area contributed by atoms with Crippen LogP contribution in [0.4, 0.5) is 0 Å². The van der Waals surface area contributed by atoms with Crippen molar-refractivity contribution >= 4 is 34.5 Å². The Morgan fingerprint density at radius 3 is 2.95 bits per heavy atom. The van der Waals surface area contributed by atoms with Gasteiger partial charge < -0.3 is 10.0 Å². The van der Waals surface area contributed by atoms with E-state index in [0.717, 1.165) is 30.2 Å². The lowest BCUT2D eigenvalue weighted by molar-refractivity contribution is -0.0886. The fourth-order valence-electron chi connectivity index (χ4n) is 3.61. The number of thiol groups is 1. The third kappa shape index (κ3) is 3.01. The van der Waals surface area contributed by atoms with Gasteiger partial charge in [-0.3, -0.25) is 4.79 Å². The molecule has 2 aliphatic rings. The number of benzene rings is 1. The SMILES string of the molecule is O=C(c1ccc(Br)cc1S)N1CCC2(O)CCCCC2C1. The van der Waals surface area contributed by atoms with Crippen molar-refractivity contribution < 1.29 is 9.90 Å². The number of amides is 1. The molecule has 2 atom stereocenters. The molecule has 3 rings (SSSR count). The Morgan fingerprint density at radius 1 is 1.38 bits per heavy atom. The van der Waals surface area contributed by atoms with Gasteiger partial charge in [-0.15, -0.1) is 12.6 Å². The van der Waals surface area contributed by atoms with Gasteiger partial charge in [-0.25, -0.2) is 0 Å². The van der Waals surface area contributed by atoms with Crippen molar-refractivity contribution in [3.63, 3.8) is 0 Å². The molecule has 0 bridgehead atoms. The Hall–Kier alpha value is -0.520. The number of likely N-dealkylation sites (tertiary alicyclic amines) is 1. The van der Waals surface area contributed by atoms with Gasteiger partial charge in [0.05, 0.1) is 11.2 Å². The molecule has 1 saturated heterocycles.